The molecule has 0 saturated carbocycles. The van der Waals surface area contributed by atoms with Gasteiger partial charge >= 0.3 is 0 Å². The molecule has 1 fully saturated rings. The third kappa shape index (κ3) is 1.96. The molecule has 1 saturated heterocycles. The number of carbonyl (C=O) groups excluding carboxylic acids is 2. The van der Waals surface area contributed by atoms with Crippen LogP contribution in [-0.4, -0.2) is 36.7 Å². The van der Waals surface area contributed by atoms with Gasteiger partial charge in [-0.3, -0.25) is 15.0 Å². The summed E-state index contributed by atoms with van der Waals surface area (Å²) in [6.45, 7) is 1.88. The molecule has 0 radical (unpaired) electrons. The van der Waals surface area contributed by atoms with Crippen LogP contribution < -0.4 is 20.2 Å². The first-order chi connectivity index (χ1) is 9.98. The monoisotopic (exact) mass is 291 g/mol. The van der Waals surface area contributed by atoms with E-state index < -0.39 is 5.66 Å². The van der Waals surface area contributed by atoms with Gasteiger partial charge in [0.2, 0.25) is 5.91 Å². The minimum atomic E-state index is -0.641. The van der Waals surface area contributed by atoms with E-state index in [1.54, 1.807) is 19.2 Å². The van der Waals surface area contributed by atoms with Crippen molar-refractivity contribution >= 4 is 17.5 Å². The molecular weight excluding hydrogens is 274 g/mol. The number of benzene rings is 1. The van der Waals surface area contributed by atoms with Crippen LogP contribution in [0.25, 0.3) is 0 Å². The van der Waals surface area contributed by atoms with Crippen molar-refractivity contribution in [1.29, 1.82) is 0 Å². The van der Waals surface area contributed by atoms with Crippen molar-refractivity contribution < 1.29 is 19.1 Å². The van der Waals surface area contributed by atoms with Crippen LogP contribution in [0.15, 0.2) is 12.1 Å². The second kappa shape index (κ2) is 4.54. The first-order valence-electron chi connectivity index (χ1n) is 6.67. The maximum Gasteiger partial charge on any atom is 0.276 e. The minimum absolute atomic E-state index is 0.161. The summed E-state index contributed by atoms with van der Waals surface area (Å²) in [5.41, 5.74) is 3.10. The Hall–Kier alpha value is -2.44. The number of rotatable bonds is 2. The zero-order valence-corrected chi connectivity index (χ0v) is 12.1. The Labute approximate surface area is 122 Å². The number of hydrogen-bond acceptors (Lipinski definition) is 5. The summed E-state index contributed by atoms with van der Waals surface area (Å²) in [4.78, 5) is 24.2. The van der Waals surface area contributed by atoms with Crippen molar-refractivity contribution in [1.82, 2.24) is 10.4 Å². The van der Waals surface area contributed by atoms with E-state index in [9.17, 15) is 9.59 Å². The van der Waals surface area contributed by atoms with Gasteiger partial charge in [-0.25, -0.2) is 5.01 Å². The normalized spacial score (nSPS) is 23.7. The number of hydrogen-bond donors (Lipinski definition) is 2. The molecule has 1 unspecified atom stereocenters. The zero-order chi connectivity index (χ0) is 15.2. The van der Waals surface area contributed by atoms with Gasteiger partial charge in [0, 0.05) is 12.5 Å². The molecule has 7 nitrogen and oxygen atoms in total. The SMILES string of the molecule is COc1cc2c(cc1OC)C(=O)N1NC(=O)CCC1(C)N2. The van der Waals surface area contributed by atoms with Crippen molar-refractivity contribution in [2.75, 3.05) is 19.5 Å². The quantitative estimate of drug-likeness (QED) is 0.853. The predicted molar refractivity (Wildman–Crippen MR) is 75.1 cm³/mol. The van der Waals surface area contributed by atoms with E-state index in [1.807, 2.05) is 6.92 Å². The Kier molecular flexibility index (Phi) is 2.93. The summed E-state index contributed by atoms with van der Waals surface area (Å²) in [5, 5.41) is 4.66. The molecule has 0 bridgehead atoms. The van der Waals surface area contributed by atoms with Crippen molar-refractivity contribution in [2.45, 2.75) is 25.4 Å². The number of anilines is 1. The van der Waals surface area contributed by atoms with Gasteiger partial charge in [0.25, 0.3) is 5.91 Å². The summed E-state index contributed by atoms with van der Waals surface area (Å²) < 4.78 is 10.5. The number of methoxy groups -OCH3 is 2. The number of carbonyl (C=O) groups is 2. The molecule has 3 rings (SSSR count). The average molecular weight is 291 g/mol. The van der Waals surface area contributed by atoms with Crippen LogP contribution in [0.5, 0.6) is 11.5 Å². The largest absolute Gasteiger partial charge is 0.493 e. The lowest BCUT2D eigenvalue weighted by molar-refractivity contribution is -0.131. The van der Waals surface area contributed by atoms with Crippen LogP contribution in [0.1, 0.15) is 30.1 Å². The van der Waals surface area contributed by atoms with Crippen LogP contribution in [0, 0.1) is 0 Å². The molecule has 2 N–H and O–H groups in total. The number of amides is 2. The van der Waals surface area contributed by atoms with Crippen LogP contribution in [0.3, 0.4) is 0 Å². The van der Waals surface area contributed by atoms with Gasteiger partial charge in [-0.05, 0) is 19.4 Å². The highest BCUT2D eigenvalue weighted by Gasteiger charge is 2.45. The molecule has 0 aromatic heterocycles. The highest BCUT2D eigenvalue weighted by molar-refractivity contribution is 6.04. The van der Waals surface area contributed by atoms with Crippen molar-refractivity contribution in [3.05, 3.63) is 17.7 Å². The number of nitrogens with one attached hydrogen (secondary N) is 2. The topological polar surface area (TPSA) is 79.9 Å². The maximum absolute atomic E-state index is 12.6. The number of ether oxygens (including phenoxy) is 2. The van der Waals surface area contributed by atoms with E-state index in [0.29, 0.717) is 35.6 Å². The third-order valence-corrected chi connectivity index (χ3v) is 3.93. The Morgan fingerprint density at radius 1 is 1.19 bits per heavy atom. The molecule has 1 aromatic rings. The van der Waals surface area contributed by atoms with Gasteiger partial charge in [0.1, 0.15) is 5.66 Å². The first kappa shape index (κ1) is 13.5. The van der Waals surface area contributed by atoms with Gasteiger partial charge in [-0.1, -0.05) is 0 Å². The van der Waals surface area contributed by atoms with Gasteiger partial charge in [-0.2, -0.15) is 0 Å². The van der Waals surface area contributed by atoms with E-state index >= 15 is 0 Å². The van der Waals surface area contributed by atoms with Gasteiger partial charge < -0.3 is 14.8 Å². The molecule has 2 aliphatic rings. The van der Waals surface area contributed by atoms with E-state index in [-0.39, 0.29) is 11.8 Å². The number of fused-ring (bicyclic) bond motifs is 2. The lowest BCUT2D eigenvalue weighted by Gasteiger charge is -2.48. The standard InChI is InChI=1S/C14H17N3O4/c1-14-5-4-12(18)16-17(14)13(19)8-6-10(20-2)11(21-3)7-9(8)15-14/h6-7,15H,4-5H2,1-3H3,(H,16,18). The molecule has 0 aliphatic carbocycles. The molecule has 1 aromatic carbocycles. The maximum atomic E-state index is 12.6. The molecule has 7 heteroatoms. The summed E-state index contributed by atoms with van der Waals surface area (Å²) in [7, 11) is 3.06. The Balaban J connectivity index is 2.10. The number of nitrogens with zero attached hydrogens (tertiary/aromatic N) is 1. The summed E-state index contributed by atoms with van der Waals surface area (Å²) in [6.07, 6.45) is 0.911. The van der Waals surface area contributed by atoms with E-state index in [4.69, 9.17) is 9.47 Å². The van der Waals surface area contributed by atoms with E-state index in [1.165, 1.54) is 12.1 Å². The van der Waals surface area contributed by atoms with E-state index in [0.717, 1.165) is 0 Å². The highest BCUT2D eigenvalue weighted by Crippen LogP contribution is 2.40. The fourth-order valence-electron chi connectivity index (χ4n) is 2.74. The Bertz CT molecular complexity index is 631. The summed E-state index contributed by atoms with van der Waals surface area (Å²) >= 11 is 0. The Morgan fingerprint density at radius 2 is 1.86 bits per heavy atom. The van der Waals surface area contributed by atoms with Crippen LogP contribution >= 0.6 is 0 Å². The predicted octanol–water partition coefficient (Wildman–Crippen LogP) is 1.11. The molecular formula is C14H17N3O4. The number of hydrazine groups is 1. The van der Waals surface area contributed by atoms with Crippen molar-refractivity contribution in [3.63, 3.8) is 0 Å². The van der Waals surface area contributed by atoms with Gasteiger partial charge in [-0.15, -0.1) is 0 Å². The van der Waals surface area contributed by atoms with Crippen molar-refractivity contribution in [3.8, 4) is 11.5 Å². The fraction of sp³-hybridized carbons (Fsp3) is 0.429. The van der Waals surface area contributed by atoms with E-state index in [2.05, 4.69) is 10.7 Å². The second-order valence-electron chi connectivity index (χ2n) is 5.33. The molecule has 21 heavy (non-hydrogen) atoms. The molecule has 1 atom stereocenters. The first-order valence-corrected chi connectivity index (χ1v) is 6.67. The smallest absolute Gasteiger partial charge is 0.276 e. The molecule has 2 aliphatic heterocycles. The van der Waals surface area contributed by atoms with Gasteiger partial charge in [0.15, 0.2) is 11.5 Å². The van der Waals surface area contributed by atoms with Crippen LogP contribution in [0.2, 0.25) is 0 Å². The lowest BCUT2D eigenvalue weighted by atomic mass is 9.96. The molecule has 2 amide bonds. The Morgan fingerprint density at radius 3 is 2.52 bits per heavy atom. The molecule has 112 valence electrons. The summed E-state index contributed by atoms with van der Waals surface area (Å²) in [6, 6.07) is 3.36. The highest BCUT2D eigenvalue weighted by atomic mass is 16.5. The summed E-state index contributed by atoms with van der Waals surface area (Å²) in [5.74, 6) is 0.596. The van der Waals surface area contributed by atoms with Gasteiger partial charge in [0.05, 0.1) is 25.5 Å². The lowest BCUT2D eigenvalue weighted by Crippen LogP contribution is -2.67. The fourth-order valence-corrected chi connectivity index (χ4v) is 2.74. The minimum Gasteiger partial charge on any atom is -0.493 e. The van der Waals surface area contributed by atoms with Crippen LogP contribution in [0.4, 0.5) is 5.69 Å². The van der Waals surface area contributed by atoms with Crippen LogP contribution in [-0.2, 0) is 4.79 Å². The molecule has 0 spiro atoms. The third-order valence-electron chi connectivity index (χ3n) is 3.93. The zero-order valence-electron chi connectivity index (χ0n) is 12.1. The average Bonchev–Trinajstić information content (AvgIpc) is 2.48. The second-order valence-corrected chi connectivity index (χ2v) is 5.33. The van der Waals surface area contributed by atoms with Crippen molar-refractivity contribution in [2.24, 2.45) is 0 Å². The molecule has 2 heterocycles.